The highest BCUT2D eigenvalue weighted by atomic mass is 32.2. The van der Waals surface area contributed by atoms with Crippen molar-refractivity contribution >= 4 is 40.7 Å². The molecule has 1 heterocycles. The number of amides is 1. The highest BCUT2D eigenvalue weighted by Crippen LogP contribution is 2.34. The Morgan fingerprint density at radius 1 is 1.12 bits per heavy atom. The number of carbonyl (C=O) groups excluding carboxylic acids is 2. The Morgan fingerprint density at radius 3 is 2.44 bits per heavy atom. The van der Waals surface area contributed by atoms with Crippen LogP contribution in [0.5, 0.6) is 5.75 Å². The van der Waals surface area contributed by atoms with Crippen molar-refractivity contribution in [1.29, 1.82) is 0 Å². The van der Waals surface area contributed by atoms with Crippen molar-refractivity contribution in [2.75, 3.05) is 18.6 Å². The van der Waals surface area contributed by atoms with Crippen molar-refractivity contribution in [3.05, 3.63) is 71.1 Å². The molecule has 0 spiro atoms. The Kier molecular flexibility index (Phi) is 7.31. The lowest BCUT2D eigenvalue weighted by Crippen LogP contribution is -2.28. The fourth-order valence-corrected chi connectivity index (χ4v) is 3.37. The van der Waals surface area contributed by atoms with Crippen LogP contribution < -0.4 is 9.64 Å². The van der Waals surface area contributed by atoms with Gasteiger partial charge in [0.25, 0.3) is 5.91 Å². The van der Waals surface area contributed by atoms with Crippen LogP contribution in [0.15, 0.2) is 75.8 Å². The minimum Gasteiger partial charge on any atom is -0.484 e. The number of amidine groups is 1. The molecule has 2 aromatic rings. The predicted octanol–water partition coefficient (Wildman–Crippen LogP) is 4.15. The molecule has 166 valence electrons. The first-order valence-corrected chi connectivity index (χ1v) is 9.86. The van der Waals surface area contributed by atoms with Crippen LogP contribution in [0.2, 0.25) is 0 Å². The summed E-state index contributed by atoms with van der Waals surface area (Å²) in [6, 6.07) is 14.5. The van der Waals surface area contributed by atoms with E-state index < -0.39 is 24.7 Å². The van der Waals surface area contributed by atoms with E-state index in [1.165, 1.54) is 42.5 Å². The smallest absolute Gasteiger partial charge is 0.422 e. The minimum absolute atomic E-state index is 0.0653. The third kappa shape index (κ3) is 6.20. The van der Waals surface area contributed by atoms with E-state index in [2.05, 4.69) is 19.7 Å². The molecule has 0 bridgehead atoms. The fourth-order valence-electron chi connectivity index (χ4n) is 2.47. The summed E-state index contributed by atoms with van der Waals surface area (Å²) in [5.41, 5.74) is 1.10. The summed E-state index contributed by atoms with van der Waals surface area (Å²) in [6.45, 7) is -1.38. The van der Waals surface area contributed by atoms with Crippen molar-refractivity contribution in [3.8, 4) is 5.75 Å². The molecule has 1 saturated heterocycles. The van der Waals surface area contributed by atoms with Gasteiger partial charge in [0.15, 0.2) is 6.61 Å². The van der Waals surface area contributed by atoms with Gasteiger partial charge in [0, 0.05) is 6.08 Å². The number of benzene rings is 2. The second-order valence-corrected chi connectivity index (χ2v) is 7.22. The summed E-state index contributed by atoms with van der Waals surface area (Å²) in [5, 5.41) is 8.27. The molecule has 11 heteroatoms. The molecule has 1 aliphatic heterocycles. The average Bonchev–Trinajstić information content (AvgIpc) is 3.08. The summed E-state index contributed by atoms with van der Waals surface area (Å²) in [5.74, 6) is -1.06. The molecule has 1 aliphatic rings. The number of para-hydroxylation sites is 1. The van der Waals surface area contributed by atoms with Crippen LogP contribution in [-0.2, 0) is 14.3 Å². The third-order valence-electron chi connectivity index (χ3n) is 3.90. The molecule has 1 amide bonds. The Labute approximate surface area is 185 Å². The standard InChI is InChI=1S/C21H16F3N3O4S/c1-30-18(28)11-17-19(29)27(15-5-3-2-4-6-15)20(32-17)26-25-12-14-7-9-16(10-8-14)31-13-21(22,23)24/h2-12H,13H2,1H3/b17-11-,25-12+,26-20-. The third-order valence-corrected chi connectivity index (χ3v) is 4.86. The molecule has 3 rings (SSSR count). The molecule has 7 nitrogen and oxygen atoms in total. The number of esters is 1. The van der Waals surface area contributed by atoms with Gasteiger partial charge in [-0.15, -0.1) is 5.10 Å². The van der Waals surface area contributed by atoms with Crippen molar-refractivity contribution in [2.24, 2.45) is 10.2 Å². The number of thioether (sulfide) groups is 1. The van der Waals surface area contributed by atoms with Crippen LogP contribution >= 0.6 is 11.8 Å². The molecule has 0 saturated carbocycles. The number of nitrogens with zero attached hydrogens (tertiary/aromatic N) is 3. The van der Waals surface area contributed by atoms with Gasteiger partial charge < -0.3 is 9.47 Å². The number of alkyl halides is 3. The Balaban J connectivity index is 1.79. The molecule has 0 radical (unpaired) electrons. The molecular weight excluding hydrogens is 447 g/mol. The van der Waals surface area contributed by atoms with Gasteiger partial charge in [0.05, 0.1) is 23.9 Å². The van der Waals surface area contributed by atoms with Crippen LogP contribution in [0.3, 0.4) is 0 Å². The van der Waals surface area contributed by atoms with Crippen molar-refractivity contribution in [2.45, 2.75) is 6.18 Å². The van der Waals surface area contributed by atoms with E-state index in [1.54, 1.807) is 30.3 Å². The maximum Gasteiger partial charge on any atom is 0.422 e. The van der Waals surface area contributed by atoms with Gasteiger partial charge in [0.2, 0.25) is 5.17 Å². The van der Waals surface area contributed by atoms with Crippen LogP contribution in [0.25, 0.3) is 0 Å². The maximum absolute atomic E-state index is 12.8. The summed E-state index contributed by atoms with van der Waals surface area (Å²) >= 11 is 0.958. The van der Waals surface area contributed by atoms with E-state index in [0.717, 1.165) is 17.8 Å². The highest BCUT2D eigenvalue weighted by Gasteiger charge is 2.35. The van der Waals surface area contributed by atoms with E-state index in [4.69, 9.17) is 0 Å². The van der Waals surface area contributed by atoms with Gasteiger partial charge in [0.1, 0.15) is 5.75 Å². The number of carbonyl (C=O) groups is 2. The van der Waals surface area contributed by atoms with Crippen LogP contribution in [0.1, 0.15) is 5.56 Å². The van der Waals surface area contributed by atoms with Crippen LogP contribution in [0, 0.1) is 0 Å². The average molecular weight is 463 g/mol. The molecular formula is C21H16F3N3O4S. The zero-order valence-corrected chi connectivity index (χ0v) is 17.4. The van der Waals surface area contributed by atoms with E-state index in [-0.39, 0.29) is 15.8 Å². The van der Waals surface area contributed by atoms with Gasteiger partial charge >= 0.3 is 12.1 Å². The van der Waals surface area contributed by atoms with Gasteiger partial charge in [-0.3, -0.25) is 9.69 Å². The summed E-state index contributed by atoms with van der Waals surface area (Å²) < 4.78 is 45.9. The maximum atomic E-state index is 12.8. The number of ether oxygens (including phenoxy) is 2. The fraction of sp³-hybridized carbons (Fsp3) is 0.143. The largest absolute Gasteiger partial charge is 0.484 e. The summed E-state index contributed by atoms with van der Waals surface area (Å²) in [4.78, 5) is 25.8. The number of methoxy groups -OCH3 is 1. The van der Waals surface area contributed by atoms with Gasteiger partial charge in [-0.25, -0.2) is 4.79 Å². The Morgan fingerprint density at radius 2 is 1.81 bits per heavy atom. The Bertz CT molecular complexity index is 1070. The second-order valence-electron chi connectivity index (χ2n) is 6.21. The summed E-state index contributed by atoms with van der Waals surface area (Å²) in [6.07, 6.45) is -1.97. The molecule has 0 aromatic heterocycles. The minimum atomic E-state index is -4.42. The lowest BCUT2D eigenvalue weighted by Gasteiger charge is -2.14. The summed E-state index contributed by atoms with van der Waals surface area (Å²) in [7, 11) is 1.21. The Hall–Kier alpha value is -3.60. The quantitative estimate of drug-likeness (QED) is 0.278. The number of hydrogen-bond acceptors (Lipinski definition) is 7. The predicted molar refractivity (Wildman–Crippen MR) is 115 cm³/mol. The lowest BCUT2D eigenvalue weighted by atomic mass is 10.2. The second kappa shape index (κ2) is 10.1. The molecule has 0 aliphatic carbocycles. The monoisotopic (exact) mass is 463 g/mol. The van der Waals surface area contributed by atoms with E-state index >= 15 is 0 Å². The molecule has 1 fully saturated rings. The molecule has 0 unspecified atom stereocenters. The van der Waals surface area contributed by atoms with Gasteiger partial charge in [-0.05, 0) is 53.7 Å². The van der Waals surface area contributed by atoms with Crippen LogP contribution in [-0.4, -0.2) is 43.2 Å². The first kappa shape index (κ1) is 23.1. The highest BCUT2D eigenvalue weighted by molar-refractivity contribution is 8.19. The first-order valence-electron chi connectivity index (χ1n) is 9.04. The van der Waals surface area contributed by atoms with E-state index in [9.17, 15) is 22.8 Å². The van der Waals surface area contributed by atoms with Crippen molar-refractivity contribution in [3.63, 3.8) is 0 Å². The number of hydrogen-bond donors (Lipinski definition) is 0. The number of anilines is 1. The van der Waals surface area contributed by atoms with E-state index in [1.807, 2.05) is 0 Å². The van der Waals surface area contributed by atoms with Gasteiger partial charge in [-0.2, -0.15) is 18.3 Å². The molecule has 0 atom stereocenters. The molecule has 2 aromatic carbocycles. The van der Waals surface area contributed by atoms with Crippen LogP contribution in [0.4, 0.5) is 18.9 Å². The van der Waals surface area contributed by atoms with E-state index in [0.29, 0.717) is 11.3 Å². The molecule has 0 N–H and O–H groups in total. The molecule has 32 heavy (non-hydrogen) atoms. The van der Waals surface area contributed by atoms with Gasteiger partial charge in [-0.1, -0.05) is 18.2 Å². The topological polar surface area (TPSA) is 80.6 Å². The van der Waals surface area contributed by atoms with Crippen molar-refractivity contribution in [1.82, 2.24) is 0 Å². The lowest BCUT2D eigenvalue weighted by molar-refractivity contribution is -0.153. The van der Waals surface area contributed by atoms with Crippen molar-refractivity contribution < 1.29 is 32.2 Å². The number of halogens is 3. The number of rotatable bonds is 6. The zero-order chi connectivity index (χ0) is 23.1. The normalized spacial score (nSPS) is 16.9. The SMILES string of the molecule is COC(=O)/C=C1\S/C(=N\N=C\c2ccc(OCC(F)(F)F)cc2)N(c2ccccc2)C1=O. The zero-order valence-electron chi connectivity index (χ0n) is 16.6. The first-order chi connectivity index (χ1) is 15.3.